The van der Waals surface area contributed by atoms with Crippen molar-refractivity contribution in [2.24, 2.45) is 0 Å². The van der Waals surface area contributed by atoms with Gasteiger partial charge in [0.05, 0.1) is 5.69 Å². The van der Waals surface area contributed by atoms with Crippen LogP contribution in [-0.2, 0) is 6.42 Å². The molecule has 0 amide bonds. The van der Waals surface area contributed by atoms with Gasteiger partial charge in [0.2, 0.25) is 0 Å². The fourth-order valence-corrected chi connectivity index (χ4v) is 4.48. The van der Waals surface area contributed by atoms with Crippen molar-refractivity contribution in [3.8, 4) is 34.2 Å². The number of unbranched alkanes of at least 4 members (excludes halogenated alkanes) is 1. The number of halogens is 1. The summed E-state index contributed by atoms with van der Waals surface area (Å²) in [7, 11) is 0. The number of hydrogen-bond donors (Lipinski definition) is 1. The lowest BCUT2D eigenvalue weighted by atomic mass is 10.1. The van der Waals surface area contributed by atoms with E-state index >= 15 is 0 Å². The topological polar surface area (TPSA) is 59.8 Å². The summed E-state index contributed by atoms with van der Waals surface area (Å²) < 4.78 is 14.0. The summed E-state index contributed by atoms with van der Waals surface area (Å²) >= 11 is 5.98. The molecule has 0 saturated heterocycles. The SMILES string of the molecule is CCCCc1nc(-c2ccc(OC[C@H](O)CN(CC)CC)cc2)cn1-c1ccc(Oc2ccc(Cl)cc2)cc1. The standard InChI is InChI=1S/C32H38ClN3O3/c1-4-7-8-32-34-31(24-9-15-28(16-10-24)38-23-27(37)21-35(5-2)6-3)22-36(32)26-13-19-30(20-14-26)39-29-17-11-25(33)12-18-29/h9-20,22,27,37H,4-8,21,23H2,1-3H3/t27-/m1/s1. The second kappa shape index (κ2) is 14.2. The molecule has 1 atom stereocenters. The first-order valence-electron chi connectivity index (χ1n) is 13.7. The molecule has 1 heterocycles. The number of aryl methyl sites for hydroxylation is 1. The van der Waals surface area contributed by atoms with Gasteiger partial charge in [-0.05, 0) is 92.3 Å². The maximum Gasteiger partial charge on any atom is 0.127 e. The molecule has 3 aromatic carbocycles. The Bertz CT molecular complexity index is 1280. The average molecular weight is 548 g/mol. The van der Waals surface area contributed by atoms with E-state index in [-0.39, 0.29) is 6.61 Å². The highest BCUT2D eigenvalue weighted by atomic mass is 35.5. The minimum atomic E-state index is -0.524. The smallest absolute Gasteiger partial charge is 0.127 e. The van der Waals surface area contributed by atoms with Gasteiger partial charge in [0.15, 0.2) is 0 Å². The normalized spacial score (nSPS) is 12.1. The molecule has 206 valence electrons. The van der Waals surface area contributed by atoms with Gasteiger partial charge >= 0.3 is 0 Å². The van der Waals surface area contributed by atoms with E-state index in [0.29, 0.717) is 11.6 Å². The number of nitrogens with zero attached hydrogens (tertiary/aromatic N) is 3. The number of imidazole rings is 1. The van der Waals surface area contributed by atoms with Gasteiger partial charge in [-0.1, -0.05) is 38.8 Å². The number of aliphatic hydroxyl groups is 1. The highest BCUT2D eigenvalue weighted by molar-refractivity contribution is 6.30. The van der Waals surface area contributed by atoms with Gasteiger partial charge in [0.1, 0.15) is 35.8 Å². The molecule has 0 saturated carbocycles. The van der Waals surface area contributed by atoms with Gasteiger partial charge in [-0.15, -0.1) is 0 Å². The van der Waals surface area contributed by atoms with Gasteiger partial charge in [0.25, 0.3) is 0 Å². The Kier molecular flexibility index (Phi) is 10.4. The number of rotatable bonds is 14. The van der Waals surface area contributed by atoms with Crippen molar-refractivity contribution in [3.63, 3.8) is 0 Å². The molecule has 0 bridgehead atoms. The fraction of sp³-hybridized carbons (Fsp3) is 0.344. The van der Waals surface area contributed by atoms with Gasteiger partial charge in [-0.3, -0.25) is 0 Å². The third-order valence-corrected chi connectivity index (χ3v) is 6.90. The lowest BCUT2D eigenvalue weighted by molar-refractivity contribution is 0.0716. The van der Waals surface area contributed by atoms with E-state index in [1.54, 1.807) is 0 Å². The first-order valence-corrected chi connectivity index (χ1v) is 14.1. The minimum absolute atomic E-state index is 0.267. The van der Waals surface area contributed by atoms with Crippen molar-refractivity contribution < 1.29 is 14.6 Å². The minimum Gasteiger partial charge on any atom is -0.491 e. The van der Waals surface area contributed by atoms with Gasteiger partial charge in [-0.2, -0.15) is 0 Å². The zero-order valence-electron chi connectivity index (χ0n) is 23.0. The molecule has 39 heavy (non-hydrogen) atoms. The van der Waals surface area contributed by atoms with E-state index in [1.807, 2.05) is 72.8 Å². The predicted molar refractivity (Wildman–Crippen MR) is 158 cm³/mol. The van der Waals surface area contributed by atoms with E-state index in [9.17, 15) is 5.11 Å². The maximum atomic E-state index is 10.3. The summed E-state index contributed by atoms with van der Waals surface area (Å²) in [4.78, 5) is 7.17. The van der Waals surface area contributed by atoms with Crippen molar-refractivity contribution in [1.29, 1.82) is 0 Å². The molecule has 0 aliphatic carbocycles. The van der Waals surface area contributed by atoms with Crippen LogP contribution in [-0.4, -0.2) is 51.9 Å². The number of aliphatic hydroxyl groups excluding tert-OH is 1. The summed E-state index contributed by atoms with van der Waals surface area (Å²) in [6, 6.07) is 23.3. The first kappa shape index (κ1) is 28.7. The van der Waals surface area contributed by atoms with Crippen molar-refractivity contribution >= 4 is 11.6 Å². The van der Waals surface area contributed by atoms with Crippen LogP contribution < -0.4 is 9.47 Å². The molecule has 0 unspecified atom stereocenters. The van der Waals surface area contributed by atoms with Crippen LogP contribution in [0, 0.1) is 0 Å². The Labute approximate surface area is 236 Å². The Morgan fingerprint density at radius 1 is 0.872 bits per heavy atom. The summed E-state index contributed by atoms with van der Waals surface area (Å²) in [6.45, 7) is 9.08. The Balaban J connectivity index is 1.46. The molecular formula is C32H38ClN3O3. The highest BCUT2D eigenvalue weighted by Gasteiger charge is 2.13. The summed E-state index contributed by atoms with van der Waals surface area (Å²) in [6.07, 6.45) is 4.62. The van der Waals surface area contributed by atoms with Crippen LogP contribution in [0.15, 0.2) is 79.0 Å². The second-order valence-electron chi connectivity index (χ2n) is 9.54. The number of likely N-dealkylation sites (N-methyl/N-ethyl adjacent to an activating group) is 1. The van der Waals surface area contributed by atoms with Gasteiger partial charge < -0.3 is 24.0 Å². The summed E-state index contributed by atoms with van der Waals surface area (Å²) in [5, 5.41) is 11.0. The van der Waals surface area contributed by atoms with E-state index < -0.39 is 6.10 Å². The zero-order chi connectivity index (χ0) is 27.6. The average Bonchev–Trinajstić information content (AvgIpc) is 3.39. The largest absolute Gasteiger partial charge is 0.491 e. The van der Waals surface area contributed by atoms with E-state index in [1.165, 1.54) is 0 Å². The third kappa shape index (κ3) is 8.09. The summed E-state index contributed by atoms with van der Waals surface area (Å²) in [5.41, 5.74) is 2.96. The Morgan fingerprint density at radius 2 is 1.49 bits per heavy atom. The number of hydrogen-bond acceptors (Lipinski definition) is 5. The maximum absolute atomic E-state index is 10.3. The highest BCUT2D eigenvalue weighted by Crippen LogP contribution is 2.27. The van der Waals surface area contributed by atoms with Crippen molar-refractivity contribution in [2.75, 3.05) is 26.2 Å². The van der Waals surface area contributed by atoms with Crippen LogP contribution >= 0.6 is 11.6 Å². The lowest BCUT2D eigenvalue weighted by Gasteiger charge is -2.21. The molecular weight excluding hydrogens is 510 g/mol. The van der Waals surface area contributed by atoms with Gasteiger partial charge in [0, 0.05) is 35.4 Å². The predicted octanol–water partition coefficient (Wildman–Crippen LogP) is 7.41. The lowest BCUT2D eigenvalue weighted by Crippen LogP contribution is -2.35. The van der Waals surface area contributed by atoms with E-state index in [2.05, 4.69) is 36.4 Å². The fourth-order valence-electron chi connectivity index (χ4n) is 4.35. The van der Waals surface area contributed by atoms with E-state index in [4.69, 9.17) is 26.1 Å². The first-order chi connectivity index (χ1) is 19.0. The zero-order valence-corrected chi connectivity index (χ0v) is 23.8. The molecule has 0 spiro atoms. The van der Waals surface area contributed by atoms with Crippen LogP contribution in [0.25, 0.3) is 16.9 Å². The van der Waals surface area contributed by atoms with E-state index in [0.717, 1.165) is 72.4 Å². The molecule has 0 radical (unpaired) electrons. The van der Waals surface area contributed by atoms with Crippen molar-refractivity contribution in [3.05, 3.63) is 89.8 Å². The molecule has 1 aromatic heterocycles. The summed E-state index contributed by atoms with van der Waals surface area (Å²) in [5.74, 6) is 3.26. The molecule has 4 aromatic rings. The quantitative estimate of drug-likeness (QED) is 0.178. The van der Waals surface area contributed by atoms with Crippen molar-refractivity contribution in [2.45, 2.75) is 46.1 Å². The number of ether oxygens (including phenoxy) is 2. The molecule has 1 N–H and O–H groups in total. The monoisotopic (exact) mass is 547 g/mol. The van der Waals surface area contributed by atoms with Crippen LogP contribution in [0.5, 0.6) is 17.2 Å². The second-order valence-corrected chi connectivity index (χ2v) is 9.98. The number of benzene rings is 3. The molecule has 6 nitrogen and oxygen atoms in total. The molecule has 0 fully saturated rings. The van der Waals surface area contributed by atoms with Crippen LogP contribution in [0.2, 0.25) is 5.02 Å². The van der Waals surface area contributed by atoms with Crippen LogP contribution in [0.3, 0.4) is 0 Å². The molecule has 4 rings (SSSR count). The number of aromatic nitrogens is 2. The van der Waals surface area contributed by atoms with Crippen LogP contribution in [0.1, 0.15) is 39.4 Å². The van der Waals surface area contributed by atoms with Crippen molar-refractivity contribution in [1.82, 2.24) is 14.5 Å². The molecule has 7 heteroatoms. The van der Waals surface area contributed by atoms with Crippen LogP contribution in [0.4, 0.5) is 0 Å². The molecule has 0 aliphatic heterocycles. The Morgan fingerprint density at radius 3 is 2.10 bits per heavy atom. The molecule has 0 aliphatic rings. The third-order valence-electron chi connectivity index (χ3n) is 6.65. The Hall–Kier alpha value is -3.32. The van der Waals surface area contributed by atoms with Gasteiger partial charge in [-0.25, -0.2) is 4.98 Å².